The second-order valence-corrected chi connectivity index (χ2v) is 4.32. The maximum atomic E-state index is 13.1. The van der Waals surface area contributed by atoms with Gasteiger partial charge in [-0.3, -0.25) is 0 Å². The van der Waals surface area contributed by atoms with Crippen LogP contribution in [0.15, 0.2) is 41.1 Å². The van der Waals surface area contributed by atoms with E-state index in [0.717, 1.165) is 5.56 Å². The third-order valence-electron chi connectivity index (χ3n) is 2.90. The molecule has 0 fully saturated rings. The van der Waals surface area contributed by atoms with Gasteiger partial charge in [0.2, 0.25) is 5.82 Å². The first-order chi connectivity index (χ1) is 9.65. The highest BCUT2D eigenvalue weighted by Gasteiger charge is 2.15. The van der Waals surface area contributed by atoms with Gasteiger partial charge in [0.1, 0.15) is 5.82 Å². The molecule has 0 saturated carbocycles. The summed E-state index contributed by atoms with van der Waals surface area (Å²) in [5, 5.41) is 3.89. The summed E-state index contributed by atoms with van der Waals surface area (Å²) in [7, 11) is 0. The van der Waals surface area contributed by atoms with Gasteiger partial charge in [-0.25, -0.2) is 9.37 Å². The molecule has 20 heavy (non-hydrogen) atoms. The van der Waals surface area contributed by atoms with E-state index in [2.05, 4.69) is 15.1 Å². The number of hydrogen-bond acceptors (Lipinski definition) is 5. The van der Waals surface area contributed by atoms with Gasteiger partial charge in [0, 0.05) is 11.8 Å². The SMILES string of the molecule is Cc1cc(F)ccc1-c1noc(-c2ncccc2N)n1. The summed E-state index contributed by atoms with van der Waals surface area (Å²) in [5.41, 5.74) is 8.14. The van der Waals surface area contributed by atoms with Gasteiger partial charge in [-0.05, 0) is 42.8 Å². The number of benzene rings is 1. The lowest BCUT2D eigenvalue weighted by atomic mass is 10.1. The van der Waals surface area contributed by atoms with Crippen LogP contribution < -0.4 is 5.73 Å². The van der Waals surface area contributed by atoms with E-state index in [1.807, 2.05) is 0 Å². The topological polar surface area (TPSA) is 77.8 Å². The van der Waals surface area contributed by atoms with Crippen molar-refractivity contribution >= 4 is 5.69 Å². The Morgan fingerprint density at radius 1 is 1.25 bits per heavy atom. The van der Waals surface area contributed by atoms with Crippen LogP contribution in [0.5, 0.6) is 0 Å². The number of halogens is 1. The molecule has 0 amide bonds. The van der Waals surface area contributed by atoms with Crippen LogP contribution in [0.1, 0.15) is 5.56 Å². The Labute approximate surface area is 114 Å². The second-order valence-electron chi connectivity index (χ2n) is 4.32. The molecule has 0 spiro atoms. The Bertz CT molecular complexity index is 769. The summed E-state index contributed by atoms with van der Waals surface area (Å²) in [5.74, 6) is 0.313. The third kappa shape index (κ3) is 2.11. The average Bonchev–Trinajstić information content (AvgIpc) is 2.88. The fourth-order valence-corrected chi connectivity index (χ4v) is 1.90. The summed E-state index contributed by atoms with van der Waals surface area (Å²) in [6.07, 6.45) is 1.60. The first kappa shape index (κ1) is 12.3. The van der Waals surface area contributed by atoms with E-state index < -0.39 is 0 Å². The predicted molar refractivity (Wildman–Crippen MR) is 72.1 cm³/mol. The molecular weight excluding hydrogens is 259 g/mol. The lowest BCUT2D eigenvalue weighted by molar-refractivity contribution is 0.431. The zero-order valence-corrected chi connectivity index (χ0v) is 10.7. The van der Waals surface area contributed by atoms with Gasteiger partial charge in [0.05, 0.1) is 5.69 Å². The van der Waals surface area contributed by atoms with Crippen molar-refractivity contribution in [2.24, 2.45) is 0 Å². The van der Waals surface area contributed by atoms with Crippen molar-refractivity contribution in [1.82, 2.24) is 15.1 Å². The summed E-state index contributed by atoms with van der Waals surface area (Å²) in [4.78, 5) is 8.37. The highest BCUT2D eigenvalue weighted by atomic mass is 19.1. The summed E-state index contributed by atoms with van der Waals surface area (Å²) >= 11 is 0. The van der Waals surface area contributed by atoms with E-state index in [0.29, 0.717) is 22.8 Å². The maximum absolute atomic E-state index is 13.1. The number of aryl methyl sites for hydroxylation is 1. The van der Waals surface area contributed by atoms with E-state index in [9.17, 15) is 4.39 Å². The predicted octanol–water partition coefficient (Wildman–Crippen LogP) is 2.83. The van der Waals surface area contributed by atoms with Crippen molar-refractivity contribution in [3.05, 3.63) is 47.9 Å². The average molecular weight is 270 g/mol. The number of anilines is 1. The van der Waals surface area contributed by atoms with Crippen LogP contribution >= 0.6 is 0 Å². The molecule has 3 rings (SSSR count). The molecule has 0 saturated heterocycles. The fraction of sp³-hybridized carbons (Fsp3) is 0.0714. The molecule has 5 nitrogen and oxygen atoms in total. The monoisotopic (exact) mass is 270 g/mol. The third-order valence-corrected chi connectivity index (χ3v) is 2.90. The molecule has 2 aromatic heterocycles. The summed E-state index contributed by atoms with van der Waals surface area (Å²) in [6.45, 7) is 1.78. The Morgan fingerprint density at radius 3 is 2.85 bits per heavy atom. The van der Waals surface area contributed by atoms with Gasteiger partial charge in [-0.1, -0.05) is 5.16 Å². The molecule has 0 aliphatic carbocycles. The van der Waals surface area contributed by atoms with Crippen LogP contribution in [0.4, 0.5) is 10.1 Å². The van der Waals surface area contributed by atoms with Crippen molar-refractivity contribution in [3.8, 4) is 23.0 Å². The van der Waals surface area contributed by atoms with Crippen LogP contribution in [0.2, 0.25) is 0 Å². The lowest BCUT2D eigenvalue weighted by Crippen LogP contribution is -1.92. The van der Waals surface area contributed by atoms with Gasteiger partial charge in [-0.2, -0.15) is 4.98 Å². The first-order valence-electron chi connectivity index (χ1n) is 5.96. The minimum absolute atomic E-state index is 0.238. The molecule has 6 heteroatoms. The van der Waals surface area contributed by atoms with E-state index in [1.54, 1.807) is 31.3 Å². The Morgan fingerprint density at radius 2 is 2.10 bits per heavy atom. The van der Waals surface area contributed by atoms with E-state index in [1.165, 1.54) is 12.1 Å². The van der Waals surface area contributed by atoms with Gasteiger partial charge in [0.25, 0.3) is 5.89 Å². The molecule has 0 aliphatic heterocycles. The fourth-order valence-electron chi connectivity index (χ4n) is 1.90. The molecule has 100 valence electrons. The van der Waals surface area contributed by atoms with Crippen molar-refractivity contribution in [2.75, 3.05) is 5.73 Å². The Hall–Kier alpha value is -2.76. The first-order valence-corrected chi connectivity index (χ1v) is 5.96. The van der Waals surface area contributed by atoms with Gasteiger partial charge in [0.15, 0.2) is 5.69 Å². The van der Waals surface area contributed by atoms with E-state index >= 15 is 0 Å². The van der Waals surface area contributed by atoms with Crippen molar-refractivity contribution in [2.45, 2.75) is 6.92 Å². The van der Waals surface area contributed by atoms with Crippen molar-refractivity contribution < 1.29 is 8.91 Å². The molecular formula is C14H11FN4O. The molecule has 0 bridgehead atoms. The smallest absolute Gasteiger partial charge is 0.278 e. The van der Waals surface area contributed by atoms with Crippen molar-refractivity contribution in [1.29, 1.82) is 0 Å². The van der Waals surface area contributed by atoms with Crippen LogP contribution in [-0.2, 0) is 0 Å². The zero-order chi connectivity index (χ0) is 14.1. The minimum Gasteiger partial charge on any atom is -0.397 e. The molecule has 1 aromatic carbocycles. The maximum Gasteiger partial charge on any atom is 0.278 e. The number of hydrogen-bond donors (Lipinski definition) is 1. The number of nitrogens with two attached hydrogens (primary N) is 1. The zero-order valence-electron chi connectivity index (χ0n) is 10.7. The standard InChI is InChI=1S/C14H11FN4O/c1-8-7-9(15)4-5-10(8)13-18-14(20-19-13)12-11(16)3-2-6-17-12/h2-7H,16H2,1H3. The number of pyridine rings is 1. The van der Waals surface area contributed by atoms with Gasteiger partial charge >= 0.3 is 0 Å². The number of aromatic nitrogens is 3. The largest absolute Gasteiger partial charge is 0.397 e. The number of rotatable bonds is 2. The number of nitrogen functional groups attached to an aromatic ring is 1. The van der Waals surface area contributed by atoms with Crippen LogP contribution in [0.25, 0.3) is 23.0 Å². The molecule has 0 radical (unpaired) electrons. The molecule has 0 aliphatic rings. The minimum atomic E-state index is -0.302. The van der Waals surface area contributed by atoms with E-state index in [-0.39, 0.29) is 11.7 Å². The summed E-state index contributed by atoms with van der Waals surface area (Å²) < 4.78 is 18.3. The van der Waals surface area contributed by atoms with Crippen LogP contribution in [-0.4, -0.2) is 15.1 Å². The molecule has 2 heterocycles. The van der Waals surface area contributed by atoms with Crippen molar-refractivity contribution in [3.63, 3.8) is 0 Å². The van der Waals surface area contributed by atoms with Gasteiger partial charge < -0.3 is 10.3 Å². The highest BCUT2D eigenvalue weighted by Crippen LogP contribution is 2.26. The Kier molecular flexibility index (Phi) is 2.90. The van der Waals surface area contributed by atoms with Crippen LogP contribution in [0.3, 0.4) is 0 Å². The molecule has 0 atom stereocenters. The summed E-state index contributed by atoms with van der Waals surface area (Å²) in [6, 6.07) is 7.81. The Balaban J connectivity index is 2.04. The lowest BCUT2D eigenvalue weighted by Gasteiger charge is -2.00. The van der Waals surface area contributed by atoms with Gasteiger partial charge in [-0.15, -0.1) is 0 Å². The quantitative estimate of drug-likeness (QED) is 0.774. The normalized spacial score (nSPS) is 10.7. The van der Waals surface area contributed by atoms with E-state index in [4.69, 9.17) is 10.3 Å². The highest BCUT2D eigenvalue weighted by molar-refractivity contribution is 5.68. The number of nitrogens with zero attached hydrogens (tertiary/aromatic N) is 3. The van der Waals surface area contributed by atoms with Crippen LogP contribution in [0, 0.1) is 12.7 Å². The molecule has 0 unspecified atom stereocenters. The second kappa shape index (κ2) is 4.73. The molecule has 3 aromatic rings. The molecule has 2 N–H and O–H groups in total.